The van der Waals surface area contributed by atoms with E-state index < -0.39 is 17.8 Å². The van der Waals surface area contributed by atoms with Crippen molar-refractivity contribution in [2.24, 2.45) is 5.10 Å². The number of ether oxygens (including phenoxy) is 1. The number of Topliss-reactive ketones (excluding diaryl/α,β-unsaturated/α-hetero) is 1. The zero-order valence-corrected chi connectivity index (χ0v) is 14.9. The molecule has 1 unspecified atom stereocenters. The Bertz CT molecular complexity index is 733. The van der Waals surface area contributed by atoms with Gasteiger partial charge in [0.25, 0.3) is 0 Å². The lowest BCUT2D eigenvalue weighted by Gasteiger charge is -2.19. The largest absolute Gasteiger partial charge is 0.464 e. The van der Waals surface area contributed by atoms with E-state index >= 15 is 0 Å². The molecule has 8 heteroatoms. The van der Waals surface area contributed by atoms with Crippen molar-refractivity contribution in [3.05, 3.63) is 28.8 Å². The first-order valence-electron chi connectivity index (χ1n) is 8.04. The van der Waals surface area contributed by atoms with Crippen molar-refractivity contribution in [2.75, 3.05) is 12.3 Å². The van der Waals surface area contributed by atoms with E-state index in [-0.39, 0.29) is 42.3 Å². The van der Waals surface area contributed by atoms with Crippen molar-refractivity contribution in [1.29, 1.82) is 0 Å². The van der Waals surface area contributed by atoms with Gasteiger partial charge >= 0.3 is 5.97 Å². The van der Waals surface area contributed by atoms with Gasteiger partial charge in [-0.2, -0.15) is 5.10 Å². The quantitative estimate of drug-likeness (QED) is 0.474. The van der Waals surface area contributed by atoms with Crippen LogP contribution in [0.5, 0.6) is 0 Å². The summed E-state index contributed by atoms with van der Waals surface area (Å²) < 4.78 is 5.00. The van der Waals surface area contributed by atoms with E-state index in [1.54, 1.807) is 13.0 Å². The van der Waals surface area contributed by atoms with Crippen LogP contribution in [-0.2, 0) is 14.3 Å². The highest BCUT2D eigenvalue weighted by molar-refractivity contribution is 6.48. The molecule has 0 saturated heterocycles. The van der Waals surface area contributed by atoms with Crippen molar-refractivity contribution in [1.82, 2.24) is 5.01 Å². The Morgan fingerprint density at radius 1 is 1.36 bits per heavy atom. The Kier molecular flexibility index (Phi) is 6.14. The normalized spacial score (nSPS) is 16.5. The van der Waals surface area contributed by atoms with Gasteiger partial charge in [-0.05, 0) is 31.5 Å². The van der Waals surface area contributed by atoms with E-state index in [1.165, 1.54) is 12.1 Å². The maximum absolute atomic E-state index is 12.7. The van der Waals surface area contributed by atoms with Crippen LogP contribution in [0.2, 0.25) is 5.02 Å². The molecule has 2 N–H and O–H groups in total. The van der Waals surface area contributed by atoms with Gasteiger partial charge in [0.2, 0.25) is 11.7 Å². The number of anilines is 1. The lowest BCUT2D eigenvalue weighted by molar-refractivity contribution is -0.153. The molecule has 1 aliphatic heterocycles. The summed E-state index contributed by atoms with van der Waals surface area (Å²) in [5.41, 5.74) is 6.36. The van der Waals surface area contributed by atoms with E-state index in [0.29, 0.717) is 11.4 Å². The number of esters is 1. The second-order valence-electron chi connectivity index (χ2n) is 5.57. The van der Waals surface area contributed by atoms with Crippen LogP contribution in [0.4, 0.5) is 5.69 Å². The third-order valence-corrected chi connectivity index (χ3v) is 3.95. The van der Waals surface area contributed by atoms with Crippen molar-refractivity contribution >= 4 is 40.7 Å². The number of carbonyl (C=O) groups excluding carboxylic acids is 3. The lowest BCUT2D eigenvalue weighted by atomic mass is 10.0. The third kappa shape index (κ3) is 4.17. The molecule has 1 aromatic rings. The molecule has 0 fully saturated rings. The van der Waals surface area contributed by atoms with Gasteiger partial charge in [-0.3, -0.25) is 9.59 Å². The van der Waals surface area contributed by atoms with Crippen LogP contribution >= 0.6 is 11.6 Å². The van der Waals surface area contributed by atoms with Crippen LogP contribution < -0.4 is 5.73 Å². The average Bonchev–Trinajstić information content (AvgIpc) is 3.02. The van der Waals surface area contributed by atoms with Crippen molar-refractivity contribution in [3.63, 3.8) is 0 Å². The molecule has 25 heavy (non-hydrogen) atoms. The van der Waals surface area contributed by atoms with E-state index in [4.69, 9.17) is 22.1 Å². The zero-order chi connectivity index (χ0) is 18.6. The minimum Gasteiger partial charge on any atom is -0.464 e. The number of amides is 1. The topological polar surface area (TPSA) is 102 Å². The minimum atomic E-state index is -0.932. The summed E-state index contributed by atoms with van der Waals surface area (Å²) in [6.07, 6.45) is 0.810. The number of nitrogens with two attached hydrogens (primary N) is 1. The molecule has 134 valence electrons. The monoisotopic (exact) mass is 365 g/mol. The molecular formula is C17H20ClN3O4. The fraction of sp³-hybridized carbons (Fsp3) is 0.412. The number of halogens is 1. The molecule has 2 rings (SSSR count). The second kappa shape index (κ2) is 8.11. The number of hydrogen-bond acceptors (Lipinski definition) is 6. The molecule has 0 spiro atoms. The molecule has 7 nitrogen and oxygen atoms in total. The van der Waals surface area contributed by atoms with Crippen LogP contribution in [0.3, 0.4) is 0 Å². The SMILES string of the molecule is CCCC(=O)N1N=C(C(=O)c2cc(Cl)ccc2N)CC1C(=O)OCC. The predicted molar refractivity (Wildman–Crippen MR) is 94.4 cm³/mol. The van der Waals surface area contributed by atoms with Gasteiger partial charge in [0.15, 0.2) is 6.04 Å². The number of hydrogen-bond donors (Lipinski definition) is 1. The van der Waals surface area contributed by atoms with Crippen molar-refractivity contribution in [2.45, 2.75) is 39.2 Å². The summed E-state index contributed by atoms with van der Waals surface area (Å²) in [4.78, 5) is 37.1. The van der Waals surface area contributed by atoms with Crippen LogP contribution in [0.1, 0.15) is 43.5 Å². The van der Waals surface area contributed by atoms with Crippen molar-refractivity contribution < 1.29 is 19.1 Å². The molecule has 0 bridgehead atoms. The molecule has 0 radical (unpaired) electrons. The Morgan fingerprint density at radius 2 is 2.08 bits per heavy atom. The highest BCUT2D eigenvalue weighted by Crippen LogP contribution is 2.24. The predicted octanol–water partition coefficient (Wildman–Crippen LogP) is 2.43. The van der Waals surface area contributed by atoms with Crippen LogP contribution in [0.25, 0.3) is 0 Å². The van der Waals surface area contributed by atoms with Gasteiger partial charge in [0.05, 0.1) is 6.61 Å². The third-order valence-electron chi connectivity index (χ3n) is 3.71. The smallest absolute Gasteiger partial charge is 0.331 e. The highest BCUT2D eigenvalue weighted by Gasteiger charge is 2.39. The summed E-state index contributed by atoms with van der Waals surface area (Å²) in [7, 11) is 0. The highest BCUT2D eigenvalue weighted by atomic mass is 35.5. The Morgan fingerprint density at radius 3 is 2.72 bits per heavy atom. The fourth-order valence-electron chi connectivity index (χ4n) is 2.51. The number of nitrogen functional groups attached to an aromatic ring is 1. The summed E-state index contributed by atoms with van der Waals surface area (Å²) >= 11 is 5.92. The zero-order valence-electron chi connectivity index (χ0n) is 14.1. The van der Waals surface area contributed by atoms with Crippen molar-refractivity contribution in [3.8, 4) is 0 Å². The van der Waals surface area contributed by atoms with Crippen LogP contribution in [0.15, 0.2) is 23.3 Å². The van der Waals surface area contributed by atoms with E-state index in [9.17, 15) is 14.4 Å². The van der Waals surface area contributed by atoms with Crippen LogP contribution in [-0.4, -0.2) is 41.0 Å². The number of benzene rings is 1. The Balaban J connectivity index is 2.32. The first kappa shape index (κ1) is 18.9. The minimum absolute atomic E-state index is 0.0148. The van der Waals surface area contributed by atoms with Gasteiger partial charge in [-0.1, -0.05) is 18.5 Å². The summed E-state index contributed by atoms with van der Waals surface area (Å²) in [6, 6.07) is 3.60. The molecule has 1 aliphatic rings. The molecule has 1 heterocycles. The summed E-state index contributed by atoms with van der Waals surface area (Å²) in [5, 5.41) is 5.50. The molecule has 1 atom stereocenters. The summed E-state index contributed by atoms with van der Waals surface area (Å²) in [5.74, 6) is -1.37. The van der Waals surface area contributed by atoms with Gasteiger partial charge in [0, 0.05) is 29.1 Å². The lowest BCUT2D eigenvalue weighted by Crippen LogP contribution is -2.39. The Labute approximate surface area is 150 Å². The number of hydrazone groups is 1. The Hall–Kier alpha value is -2.41. The van der Waals surface area contributed by atoms with E-state index in [1.807, 2.05) is 6.92 Å². The van der Waals surface area contributed by atoms with Gasteiger partial charge in [-0.25, -0.2) is 9.80 Å². The molecule has 1 aromatic carbocycles. The number of carbonyl (C=O) groups is 3. The second-order valence-corrected chi connectivity index (χ2v) is 6.00. The van der Waals surface area contributed by atoms with E-state index in [0.717, 1.165) is 5.01 Å². The molecule has 0 aliphatic carbocycles. The van der Waals surface area contributed by atoms with Gasteiger partial charge in [0.1, 0.15) is 5.71 Å². The van der Waals surface area contributed by atoms with E-state index in [2.05, 4.69) is 5.10 Å². The number of ketones is 1. The van der Waals surface area contributed by atoms with Crippen LogP contribution in [0, 0.1) is 0 Å². The first-order chi connectivity index (χ1) is 11.9. The fourth-order valence-corrected chi connectivity index (χ4v) is 2.68. The van der Waals surface area contributed by atoms with Gasteiger partial charge < -0.3 is 10.5 Å². The number of rotatable bonds is 6. The number of nitrogens with zero attached hydrogens (tertiary/aromatic N) is 2. The molecule has 0 aromatic heterocycles. The molecular weight excluding hydrogens is 346 g/mol. The van der Waals surface area contributed by atoms with Gasteiger partial charge in [-0.15, -0.1) is 0 Å². The average molecular weight is 366 g/mol. The first-order valence-corrected chi connectivity index (χ1v) is 8.42. The standard InChI is InChI=1S/C17H20ClN3O4/c1-3-5-15(22)21-14(17(24)25-4-2)9-13(20-21)16(23)11-8-10(18)6-7-12(11)19/h6-8,14H,3-5,9,19H2,1-2H3. The maximum atomic E-state index is 12.7. The molecule has 0 saturated carbocycles. The summed E-state index contributed by atoms with van der Waals surface area (Å²) in [6.45, 7) is 3.69. The maximum Gasteiger partial charge on any atom is 0.331 e. The molecule has 1 amide bonds.